The van der Waals surface area contributed by atoms with Crippen LogP contribution in [0.2, 0.25) is 6.04 Å². The highest BCUT2D eigenvalue weighted by Crippen LogP contribution is 2.20. The fraction of sp³-hybridized carbons (Fsp3) is 0.812. The van der Waals surface area contributed by atoms with Gasteiger partial charge in [0.2, 0.25) is 0 Å². The summed E-state index contributed by atoms with van der Waals surface area (Å²) in [5.41, 5.74) is 0. The minimum absolute atomic E-state index is 0.203. The van der Waals surface area contributed by atoms with Crippen LogP contribution in [-0.2, 0) is 22.8 Å². The molecular formula is C16H32O5Si. The number of rotatable bonds is 15. The lowest BCUT2D eigenvalue weighted by molar-refractivity contribution is -0.138. The van der Waals surface area contributed by atoms with Crippen molar-refractivity contribution in [2.24, 2.45) is 0 Å². The van der Waals surface area contributed by atoms with Gasteiger partial charge in [0.1, 0.15) is 0 Å². The van der Waals surface area contributed by atoms with Crippen molar-refractivity contribution in [3.05, 3.63) is 12.8 Å². The lowest BCUT2D eigenvalue weighted by atomic mass is 10.1. The summed E-state index contributed by atoms with van der Waals surface area (Å²) in [7, 11) is -2.48. The predicted octanol–water partition coefficient (Wildman–Crippen LogP) is 4.06. The Morgan fingerprint density at radius 1 is 0.909 bits per heavy atom. The first-order valence-electron chi connectivity index (χ1n) is 8.36. The van der Waals surface area contributed by atoms with Crippen LogP contribution in [-0.4, -0.2) is 34.6 Å². The molecule has 0 fully saturated rings. The Balaban J connectivity index is 3.88. The van der Waals surface area contributed by atoms with E-state index in [1.165, 1.54) is 6.26 Å². The molecule has 0 N–H and O–H groups in total. The molecule has 0 aromatic rings. The van der Waals surface area contributed by atoms with Gasteiger partial charge in [0, 0.05) is 32.3 Å². The van der Waals surface area contributed by atoms with Crippen LogP contribution in [0.25, 0.3) is 0 Å². The number of carbonyl (C=O) groups excluding carboxylic acids is 1. The first-order valence-corrected chi connectivity index (χ1v) is 10.3. The smallest absolute Gasteiger partial charge is 0.435 e. The van der Waals surface area contributed by atoms with Crippen molar-refractivity contribution in [3.8, 4) is 0 Å². The molecule has 0 aromatic carbocycles. The molecule has 0 heterocycles. The van der Waals surface area contributed by atoms with Gasteiger partial charge in [-0.2, -0.15) is 0 Å². The summed E-state index contributed by atoms with van der Waals surface area (Å²) in [5, 5.41) is 0. The first-order chi connectivity index (χ1) is 10.6. The third-order valence-corrected chi connectivity index (χ3v) is 6.32. The normalized spacial score (nSPS) is 11.4. The van der Waals surface area contributed by atoms with Crippen molar-refractivity contribution >= 4 is 14.8 Å². The number of carbonyl (C=O) groups is 1. The van der Waals surface area contributed by atoms with E-state index in [4.69, 9.17) is 13.3 Å². The van der Waals surface area contributed by atoms with Gasteiger partial charge < -0.3 is 18.0 Å². The summed E-state index contributed by atoms with van der Waals surface area (Å²) in [4.78, 5) is 11.1. The van der Waals surface area contributed by atoms with E-state index < -0.39 is 8.80 Å². The van der Waals surface area contributed by atoms with E-state index in [2.05, 4.69) is 11.3 Å². The topological polar surface area (TPSA) is 54.0 Å². The monoisotopic (exact) mass is 332 g/mol. The quantitative estimate of drug-likeness (QED) is 0.196. The molecule has 0 unspecified atom stereocenters. The van der Waals surface area contributed by atoms with Crippen molar-refractivity contribution in [3.63, 3.8) is 0 Å². The molecule has 0 aliphatic rings. The second kappa shape index (κ2) is 13.9. The van der Waals surface area contributed by atoms with E-state index in [9.17, 15) is 4.79 Å². The second-order valence-electron chi connectivity index (χ2n) is 4.91. The fourth-order valence-corrected chi connectivity index (χ4v) is 4.98. The van der Waals surface area contributed by atoms with Crippen LogP contribution in [0.5, 0.6) is 0 Å². The molecule has 0 saturated carbocycles. The third kappa shape index (κ3) is 10.1. The molecule has 130 valence electrons. The Hall–Kier alpha value is -0.693. The summed E-state index contributed by atoms with van der Waals surface area (Å²) in [6, 6.07) is 0.862. The fourth-order valence-electron chi connectivity index (χ4n) is 2.29. The molecule has 0 aliphatic carbocycles. The van der Waals surface area contributed by atoms with E-state index in [1.54, 1.807) is 0 Å². The zero-order valence-electron chi connectivity index (χ0n) is 14.4. The van der Waals surface area contributed by atoms with E-state index in [1.807, 2.05) is 20.8 Å². The standard InChI is InChI=1S/C16H32O5Si/c1-5-18-16(17)14-12-10-9-11-13-15-22(19-6-2,20-7-3)21-8-4/h5H,1,6-15H2,2-4H3. The maximum absolute atomic E-state index is 11.1. The summed E-state index contributed by atoms with van der Waals surface area (Å²) in [6.45, 7) is 11.2. The molecular weight excluding hydrogens is 300 g/mol. The van der Waals surface area contributed by atoms with E-state index in [0.717, 1.165) is 38.1 Å². The van der Waals surface area contributed by atoms with Gasteiger partial charge >= 0.3 is 14.8 Å². The number of unbranched alkanes of at least 4 members (excludes halogenated alkanes) is 4. The maximum atomic E-state index is 11.1. The van der Waals surface area contributed by atoms with Gasteiger partial charge in [0.15, 0.2) is 0 Å². The molecule has 0 spiro atoms. The van der Waals surface area contributed by atoms with Crippen LogP contribution in [0.3, 0.4) is 0 Å². The van der Waals surface area contributed by atoms with Gasteiger partial charge in [0.05, 0.1) is 6.26 Å². The minimum Gasteiger partial charge on any atom is -0.435 e. The van der Waals surface area contributed by atoms with Crippen LogP contribution in [0.15, 0.2) is 12.8 Å². The zero-order chi connectivity index (χ0) is 16.7. The number of ether oxygens (including phenoxy) is 1. The Labute approximate surface area is 136 Å². The molecule has 0 amide bonds. The SMILES string of the molecule is C=COC(=O)CCCCCCC[Si](OCC)(OCC)OCC. The largest absolute Gasteiger partial charge is 0.500 e. The van der Waals surface area contributed by atoms with Crippen LogP contribution >= 0.6 is 0 Å². The van der Waals surface area contributed by atoms with Crippen molar-refractivity contribution < 1.29 is 22.8 Å². The summed E-state index contributed by atoms with van der Waals surface area (Å²) in [6.07, 6.45) is 6.75. The van der Waals surface area contributed by atoms with Crippen molar-refractivity contribution in [2.45, 2.75) is 65.3 Å². The molecule has 0 aliphatic heterocycles. The highest BCUT2D eigenvalue weighted by atomic mass is 28.4. The number of esters is 1. The summed E-state index contributed by atoms with van der Waals surface area (Å²) >= 11 is 0. The van der Waals surface area contributed by atoms with Gasteiger partial charge in [-0.1, -0.05) is 25.8 Å². The Bertz CT molecular complexity index is 279. The minimum atomic E-state index is -2.48. The van der Waals surface area contributed by atoms with Crippen molar-refractivity contribution in [1.29, 1.82) is 0 Å². The Morgan fingerprint density at radius 3 is 1.91 bits per heavy atom. The molecule has 0 bridgehead atoms. The van der Waals surface area contributed by atoms with E-state index in [0.29, 0.717) is 26.2 Å². The number of hydrogen-bond acceptors (Lipinski definition) is 5. The van der Waals surface area contributed by atoms with E-state index >= 15 is 0 Å². The van der Waals surface area contributed by atoms with Crippen molar-refractivity contribution in [2.75, 3.05) is 19.8 Å². The first kappa shape index (κ1) is 21.3. The van der Waals surface area contributed by atoms with Crippen LogP contribution < -0.4 is 0 Å². The number of hydrogen-bond donors (Lipinski definition) is 0. The highest BCUT2D eigenvalue weighted by molar-refractivity contribution is 6.60. The lowest BCUT2D eigenvalue weighted by Gasteiger charge is -2.28. The molecule has 6 heteroatoms. The molecule has 0 saturated heterocycles. The van der Waals surface area contributed by atoms with Crippen LogP contribution in [0, 0.1) is 0 Å². The molecule has 0 atom stereocenters. The van der Waals surface area contributed by atoms with Gasteiger partial charge in [-0.15, -0.1) is 0 Å². The van der Waals surface area contributed by atoms with Gasteiger partial charge in [-0.25, -0.2) is 0 Å². The molecule has 0 rings (SSSR count). The maximum Gasteiger partial charge on any atom is 0.500 e. The highest BCUT2D eigenvalue weighted by Gasteiger charge is 2.39. The second-order valence-corrected chi connectivity index (χ2v) is 7.64. The van der Waals surface area contributed by atoms with Crippen LogP contribution in [0.4, 0.5) is 0 Å². The summed E-state index contributed by atoms with van der Waals surface area (Å²) < 4.78 is 22.1. The third-order valence-electron chi connectivity index (χ3n) is 3.17. The molecule has 0 radical (unpaired) electrons. The van der Waals surface area contributed by atoms with Gasteiger partial charge in [-0.3, -0.25) is 4.79 Å². The molecule has 5 nitrogen and oxygen atoms in total. The lowest BCUT2D eigenvalue weighted by Crippen LogP contribution is -2.45. The average molecular weight is 333 g/mol. The van der Waals surface area contributed by atoms with E-state index in [-0.39, 0.29) is 5.97 Å². The average Bonchev–Trinajstić information content (AvgIpc) is 2.47. The Morgan fingerprint density at radius 2 is 1.41 bits per heavy atom. The van der Waals surface area contributed by atoms with Crippen molar-refractivity contribution in [1.82, 2.24) is 0 Å². The van der Waals surface area contributed by atoms with Gasteiger partial charge in [-0.05, 0) is 33.6 Å². The predicted molar refractivity (Wildman–Crippen MR) is 89.4 cm³/mol. The zero-order valence-corrected chi connectivity index (χ0v) is 15.4. The summed E-state index contributed by atoms with van der Waals surface area (Å²) in [5.74, 6) is -0.203. The Kier molecular flexibility index (Phi) is 13.5. The van der Waals surface area contributed by atoms with Gasteiger partial charge in [0.25, 0.3) is 0 Å². The van der Waals surface area contributed by atoms with Crippen LogP contribution in [0.1, 0.15) is 59.3 Å². The molecule has 22 heavy (non-hydrogen) atoms. The molecule has 0 aromatic heterocycles.